The van der Waals surface area contributed by atoms with Gasteiger partial charge in [-0.25, -0.2) is 0 Å². The van der Waals surface area contributed by atoms with Crippen LogP contribution in [-0.4, -0.2) is 36.6 Å². The number of hydrogen-bond acceptors (Lipinski definition) is 2. The smallest absolute Gasteiger partial charge is 0.209 e. The second-order valence-corrected chi connectivity index (χ2v) is 5.51. The molecule has 1 fully saturated rings. The van der Waals surface area contributed by atoms with E-state index in [1.807, 2.05) is 7.05 Å². The number of rotatable bonds is 3. The van der Waals surface area contributed by atoms with Gasteiger partial charge in [-0.1, -0.05) is 30.3 Å². The number of hydrogen-bond donors (Lipinski definition) is 0. The monoisotopic (exact) mass is 257 g/mol. The fourth-order valence-corrected chi connectivity index (χ4v) is 3.43. The standard InChI is InChI=1S/C16H19NO2/c1-16(15(9-10-19-16)17(2)11-18)14-8-7-12-5-3-4-6-13(12)14/h3-6,8,11,15H,7,9-10H2,1-2H3. The molecular formula is C16H19NO2. The van der Waals surface area contributed by atoms with Crippen LogP contribution in [0.4, 0.5) is 0 Å². The Morgan fingerprint density at radius 3 is 3.00 bits per heavy atom. The molecule has 0 radical (unpaired) electrons. The Bertz CT molecular complexity index is 537. The summed E-state index contributed by atoms with van der Waals surface area (Å²) in [6, 6.07) is 8.56. The van der Waals surface area contributed by atoms with Crippen molar-refractivity contribution >= 4 is 12.0 Å². The molecule has 2 unspecified atom stereocenters. The molecule has 0 saturated carbocycles. The minimum atomic E-state index is -0.387. The van der Waals surface area contributed by atoms with E-state index < -0.39 is 0 Å². The van der Waals surface area contributed by atoms with Gasteiger partial charge in [0, 0.05) is 13.7 Å². The lowest BCUT2D eigenvalue weighted by Gasteiger charge is -2.36. The van der Waals surface area contributed by atoms with Crippen molar-refractivity contribution < 1.29 is 9.53 Å². The van der Waals surface area contributed by atoms with Crippen molar-refractivity contribution in [1.29, 1.82) is 0 Å². The lowest BCUT2D eigenvalue weighted by Crippen LogP contribution is -2.46. The van der Waals surface area contributed by atoms with E-state index in [0.29, 0.717) is 6.61 Å². The first kappa shape index (κ1) is 12.4. The van der Waals surface area contributed by atoms with E-state index in [4.69, 9.17) is 4.74 Å². The third-order valence-corrected chi connectivity index (χ3v) is 4.46. The number of nitrogens with zero attached hydrogens (tertiary/aromatic N) is 1. The molecule has 0 bridgehead atoms. The largest absolute Gasteiger partial charge is 0.368 e. The molecule has 3 nitrogen and oxygen atoms in total. The minimum Gasteiger partial charge on any atom is -0.368 e. The molecule has 0 N–H and O–H groups in total. The number of allylic oxidation sites excluding steroid dienone is 1. The van der Waals surface area contributed by atoms with E-state index in [-0.39, 0.29) is 11.6 Å². The Morgan fingerprint density at radius 1 is 1.42 bits per heavy atom. The highest BCUT2D eigenvalue weighted by atomic mass is 16.5. The normalized spacial score (nSPS) is 28.9. The molecule has 2 aliphatic rings. The zero-order valence-corrected chi connectivity index (χ0v) is 11.4. The first-order chi connectivity index (χ1) is 9.16. The lowest BCUT2D eigenvalue weighted by molar-refractivity contribution is -0.120. The van der Waals surface area contributed by atoms with Gasteiger partial charge < -0.3 is 9.64 Å². The van der Waals surface area contributed by atoms with Crippen LogP contribution in [0.1, 0.15) is 24.5 Å². The number of benzene rings is 1. The first-order valence-corrected chi connectivity index (χ1v) is 6.77. The fraction of sp³-hybridized carbons (Fsp3) is 0.438. The summed E-state index contributed by atoms with van der Waals surface area (Å²) in [6.07, 6.45) is 5.01. The summed E-state index contributed by atoms with van der Waals surface area (Å²) >= 11 is 0. The van der Waals surface area contributed by atoms with Gasteiger partial charge in [0.05, 0.1) is 6.04 Å². The number of likely N-dealkylation sites (N-methyl/N-ethyl adjacent to an activating group) is 1. The number of carbonyl (C=O) groups excluding carboxylic acids is 1. The zero-order chi connectivity index (χ0) is 13.5. The average Bonchev–Trinajstić information content (AvgIpc) is 3.02. The number of carbonyl (C=O) groups is 1. The van der Waals surface area contributed by atoms with Gasteiger partial charge in [-0.15, -0.1) is 0 Å². The van der Waals surface area contributed by atoms with Crippen molar-refractivity contribution in [2.45, 2.75) is 31.4 Å². The van der Waals surface area contributed by atoms with Crippen LogP contribution in [0.5, 0.6) is 0 Å². The second kappa shape index (κ2) is 4.49. The highest BCUT2D eigenvalue weighted by molar-refractivity contribution is 5.79. The van der Waals surface area contributed by atoms with Gasteiger partial charge in [-0.05, 0) is 36.5 Å². The quantitative estimate of drug-likeness (QED) is 0.777. The Morgan fingerprint density at radius 2 is 2.21 bits per heavy atom. The van der Waals surface area contributed by atoms with Gasteiger partial charge in [0.25, 0.3) is 0 Å². The van der Waals surface area contributed by atoms with Crippen molar-refractivity contribution in [2.24, 2.45) is 0 Å². The maximum atomic E-state index is 11.1. The molecule has 100 valence electrons. The van der Waals surface area contributed by atoms with Crippen LogP contribution in [0.3, 0.4) is 0 Å². The van der Waals surface area contributed by atoms with E-state index in [1.165, 1.54) is 16.7 Å². The van der Waals surface area contributed by atoms with Crippen LogP contribution in [0.25, 0.3) is 5.57 Å². The highest BCUT2D eigenvalue weighted by Gasteiger charge is 2.46. The fourth-order valence-electron chi connectivity index (χ4n) is 3.43. The summed E-state index contributed by atoms with van der Waals surface area (Å²) in [7, 11) is 1.84. The highest BCUT2D eigenvalue weighted by Crippen LogP contribution is 2.44. The van der Waals surface area contributed by atoms with E-state index in [1.54, 1.807) is 4.90 Å². The van der Waals surface area contributed by atoms with Crippen LogP contribution in [0, 0.1) is 0 Å². The maximum Gasteiger partial charge on any atom is 0.209 e. The molecule has 1 amide bonds. The van der Waals surface area contributed by atoms with E-state index in [2.05, 4.69) is 37.3 Å². The van der Waals surface area contributed by atoms with Crippen molar-refractivity contribution in [3.05, 3.63) is 41.5 Å². The Kier molecular flexibility index (Phi) is 2.94. The van der Waals surface area contributed by atoms with Crippen molar-refractivity contribution in [3.8, 4) is 0 Å². The Balaban J connectivity index is 2.00. The Labute approximate surface area is 113 Å². The van der Waals surface area contributed by atoms with Crippen molar-refractivity contribution in [1.82, 2.24) is 4.90 Å². The Hall–Kier alpha value is -1.61. The summed E-state index contributed by atoms with van der Waals surface area (Å²) in [6.45, 7) is 2.82. The van der Waals surface area contributed by atoms with Gasteiger partial charge in [0.15, 0.2) is 0 Å². The molecule has 1 aromatic rings. The molecule has 3 rings (SSSR count). The molecule has 1 saturated heterocycles. The lowest BCUT2D eigenvalue weighted by atomic mass is 9.84. The number of ether oxygens (including phenoxy) is 1. The molecule has 2 atom stereocenters. The zero-order valence-electron chi connectivity index (χ0n) is 11.4. The summed E-state index contributed by atoms with van der Waals surface area (Å²) in [5, 5.41) is 0. The van der Waals surface area contributed by atoms with Crippen molar-refractivity contribution in [2.75, 3.05) is 13.7 Å². The van der Waals surface area contributed by atoms with Gasteiger partial charge in [-0.2, -0.15) is 0 Å². The molecular weight excluding hydrogens is 238 g/mol. The number of fused-ring (bicyclic) bond motifs is 1. The van der Waals surface area contributed by atoms with Crippen LogP contribution >= 0.6 is 0 Å². The van der Waals surface area contributed by atoms with Gasteiger partial charge >= 0.3 is 0 Å². The van der Waals surface area contributed by atoms with Crippen LogP contribution in [-0.2, 0) is 16.0 Å². The first-order valence-electron chi connectivity index (χ1n) is 6.77. The van der Waals surface area contributed by atoms with Gasteiger partial charge in [0.1, 0.15) is 5.60 Å². The van der Waals surface area contributed by atoms with Crippen molar-refractivity contribution in [3.63, 3.8) is 0 Å². The predicted octanol–water partition coefficient (Wildman–Crippen LogP) is 2.26. The van der Waals surface area contributed by atoms with Gasteiger partial charge in [-0.3, -0.25) is 4.79 Å². The molecule has 1 aliphatic carbocycles. The molecule has 1 aliphatic heterocycles. The van der Waals surface area contributed by atoms with E-state index >= 15 is 0 Å². The van der Waals surface area contributed by atoms with Crippen LogP contribution < -0.4 is 0 Å². The SMILES string of the molecule is CN(C=O)C1CCOC1(C)C1=CCc2ccccc21. The third-order valence-electron chi connectivity index (χ3n) is 4.46. The predicted molar refractivity (Wildman–Crippen MR) is 74.7 cm³/mol. The minimum absolute atomic E-state index is 0.113. The third kappa shape index (κ3) is 1.80. The summed E-state index contributed by atoms with van der Waals surface area (Å²) in [5.74, 6) is 0. The van der Waals surface area contributed by atoms with Crippen LogP contribution in [0.15, 0.2) is 30.3 Å². The van der Waals surface area contributed by atoms with Gasteiger partial charge in [0.2, 0.25) is 6.41 Å². The molecule has 0 spiro atoms. The molecule has 0 aromatic heterocycles. The average molecular weight is 257 g/mol. The molecule has 1 heterocycles. The second-order valence-electron chi connectivity index (χ2n) is 5.51. The van der Waals surface area contributed by atoms with E-state index in [9.17, 15) is 4.79 Å². The number of amides is 1. The summed E-state index contributed by atoms with van der Waals surface area (Å²) in [4.78, 5) is 12.8. The molecule has 3 heteroatoms. The summed E-state index contributed by atoms with van der Waals surface area (Å²) in [5.41, 5.74) is 3.47. The van der Waals surface area contributed by atoms with Crippen LogP contribution in [0.2, 0.25) is 0 Å². The summed E-state index contributed by atoms with van der Waals surface area (Å²) < 4.78 is 6.05. The van der Waals surface area contributed by atoms with E-state index in [0.717, 1.165) is 19.3 Å². The molecule has 1 aromatic carbocycles. The molecule has 19 heavy (non-hydrogen) atoms. The topological polar surface area (TPSA) is 29.5 Å². The maximum absolute atomic E-state index is 11.1.